The summed E-state index contributed by atoms with van der Waals surface area (Å²) in [4.78, 5) is 73.5. The standard InChI is InChI=1S/C30H31F3N4O6S.C26H25F3N6O6S/c1-3-15-42-25-12-7-22(8-13-25)18-34-28-35-27(36-29(37-28)43-20-30(31,32)33)17-21-5-9-23(10-6-21)26(39)14-11-24(38)19-44(40,41)16-4-2;27-26(28,29)16-41-25-33-21-13-17-3-7-19(8-4-17)23(37)30-15-22(36)35-42(38,39)12-2-1-11-40-20-9-5-18(6-10-20)14-31-24(32-21)34-25/h3-10,12-13H,1-2,11,14-20H2,(H,34,35,36,37);1-10H,11-16H2,(H,30,37)(H,35,36)(H,31,32,33,34). The number of anilines is 2. The highest BCUT2D eigenvalue weighted by molar-refractivity contribution is 7.92. The molecule has 86 heavy (non-hydrogen) atoms. The number of fused-ring (bicyclic) bond motifs is 2. The highest BCUT2D eigenvalue weighted by atomic mass is 32.2. The van der Waals surface area contributed by atoms with Crippen molar-refractivity contribution >= 4 is 55.1 Å². The number of ether oxygens (including phenoxy) is 4. The molecule has 0 unspecified atom stereocenters. The highest BCUT2D eigenvalue weighted by Gasteiger charge is 2.30. The fourth-order valence-electron chi connectivity index (χ4n) is 7.28. The van der Waals surface area contributed by atoms with Gasteiger partial charge in [0.1, 0.15) is 47.9 Å². The first-order valence-electron chi connectivity index (χ1n) is 25.7. The maximum atomic E-state index is 12.8. The van der Waals surface area contributed by atoms with E-state index >= 15 is 0 Å². The van der Waals surface area contributed by atoms with Gasteiger partial charge in [0.2, 0.25) is 21.9 Å². The molecule has 4 aromatic carbocycles. The first-order chi connectivity index (χ1) is 40.8. The average molecular weight is 1240 g/mol. The van der Waals surface area contributed by atoms with E-state index < -0.39 is 93.1 Å². The van der Waals surface area contributed by atoms with Gasteiger partial charge in [-0.2, -0.15) is 56.2 Å². The van der Waals surface area contributed by atoms with E-state index in [2.05, 4.69) is 59.0 Å². The van der Waals surface area contributed by atoms with Crippen molar-refractivity contribution in [3.8, 4) is 23.5 Å². The highest BCUT2D eigenvalue weighted by Crippen LogP contribution is 2.22. The summed E-state index contributed by atoms with van der Waals surface area (Å²) in [5.41, 5.74) is 3.35. The molecule has 2 aromatic heterocycles. The monoisotopic (exact) mass is 1240 g/mol. The van der Waals surface area contributed by atoms with Gasteiger partial charge in [-0.25, -0.2) is 16.8 Å². The molecule has 3 aliphatic heterocycles. The molecule has 22 nitrogen and oxygen atoms in total. The van der Waals surface area contributed by atoms with Crippen LogP contribution in [0, 0.1) is 0 Å². The van der Waals surface area contributed by atoms with Crippen molar-refractivity contribution in [2.45, 2.75) is 51.1 Å². The van der Waals surface area contributed by atoms with Crippen molar-refractivity contribution in [2.75, 3.05) is 60.9 Å². The Bertz CT molecular complexity index is 3580. The Morgan fingerprint density at radius 1 is 0.709 bits per heavy atom. The summed E-state index contributed by atoms with van der Waals surface area (Å²) in [6.07, 6.45) is -3.79. The zero-order chi connectivity index (χ0) is 62.3. The van der Waals surface area contributed by atoms with Crippen LogP contribution in [0.3, 0.4) is 0 Å². The molecule has 0 atom stereocenters. The van der Waals surface area contributed by atoms with Crippen LogP contribution in [0.15, 0.2) is 135 Å². The topological polar surface area (TPSA) is 299 Å². The number of halogens is 6. The minimum atomic E-state index is -4.59. The van der Waals surface area contributed by atoms with Crippen LogP contribution >= 0.6 is 0 Å². The lowest BCUT2D eigenvalue weighted by molar-refractivity contribution is -0.155. The number of rotatable bonds is 20. The van der Waals surface area contributed by atoms with E-state index in [1.165, 1.54) is 42.5 Å². The molecule has 456 valence electrons. The van der Waals surface area contributed by atoms with Crippen molar-refractivity contribution < 1.29 is 81.3 Å². The van der Waals surface area contributed by atoms with Crippen LogP contribution in [-0.2, 0) is 55.4 Å². The molecule has 30 heteroatoms. The number of alkyl halides is 6. The number of benzene rings is 4. The first-order valence-corrected chi connectivity index (χ1v) is 29.2. The van der Waals surface area contributed by atoms with E-state index in [4.69, 9.17) is 18.9 Å². The van der Waals surface area contributed by atoms with E-state index in [1.54, 1.807) is 78.9 Å². The average Bonchev–Trinajstić information content (AvgIpc) is 3.67. The van der Waals surface area contributed by atoms with Gasteiger partial charge in [-0.3, -0.25) is 23.9 Å². The molecule has 6 aromatic rings. The van der Waals surface area contributed by atoms with Crippen LogP contribution in [0.5, 0.6) is 23.5 Å². The van der Waals surface area contributed by atoms with Crippen molar-refractivity contribution in [3.05, 3.63) is 180 Å². The Balaban J connectivity index is 0.000000275. The van der Waals surface area contributed by atoms with Crippen molar-refractivity contribution in [1.29, 1.82) is 0 Å². The van der Waals surface area contributed by atoms with Crippen LogP contribution in [-0.4, -0.2) is 133 Å². The third kappa shape index (κ3) is 24.1. The Morgan fingerprint density at radius 2 is 1.36 bits per heavy atom. The van der Waals surface area contributed by atoms with Crippen molar-refractivity contribution in [2.24, 2.45) is 0 Å². The molecule has 2 amide bonds. The molecular weight excluding hydrogens is 1180 g/mol. The number of Topliss-reactive ketones (excluding diaryl/α,β-unsaturated/α-hetero) is 2. The third-order valence-corrected chi connectivity index (χ3v) is 14.0. The van der Waals surface area contributed by atoms with Gasteiger partial charge in [-0.05, 0) is 58.7 Å². The zero-order valence-corrected chi connectivity index (χ0v) is 47.2. The number of nitrogens with one attached hydrogen (secondary N) is 4. The van der Waals surface area contributed by atoms with Crippen molar-refractivity contribution in [3.63, 3.8) is 0 Å². The van der Waals surface area contributed by atoms with Gasteiger partial charge in [0, 0.05) is 49.9 Å². The van der Waals surface area contributed by atoms with E-state index in [9.17, 15) is 62.4 Å². The Morgan fingerprint density at radius 3 is 2.01 bits per heavy atom. The molecule has 0 spiro atoms. The van der Waals surface area contributed by atoms with Crippen LogP contribution in [0.2, 0.25) is 0 Å². The van der Waals surface area contributed by atoms with Crippen LogP contribution in [0.4, 0.5) is 38.2 Å². The molecule has 0 radical (unpaired) electrons. The smallest absolute Gasteiger partial charge is 0.422 e. The third-order valence-electron chi connectivity index (χ3n) is 11.3. The second-order valence-corrected chi connectivity index (χ2v) is 22.3. The Kier molecular flexibility index (Phi) is 23.7. The lowest BCUT2D eigenvalue weighted by atomic mass is 10.0. The normalized spacial score (nSPS) is 13.8. The van der Waals surface area contributed by atoms with Gasteiger partial charge >= 0.3 is 24.4 Å². The summed E-state index contributed by atoms with van der Waals surface area (Å²) in [7, 11) is -7.57. The predicted molar refractivity (Wildman–Crippen MR) is 301 cm³/mol. The van der Waals surface area contributed by atoms with E-state index in [1.807, 2.05) is 4.72 Å². The van der Waals surface area contributed by atoms with Gasteiger partial charge in [0.25, 0.3) is 11.8 Å². The molecule has 4 N–H and O–H groups in total. The van der Waals surface area contributed by atoms with Gasteiger partial charge in [0.15, 0.2) is 28.8 Å². The van der Waals surface area contributed by atoms with Crippen LogP contribution < -0.4 is 39.6 Å². The number of ketones is 2. The molecule has 5 heterocycles. The molecule has 0 saturated heterocycles. The van der Waals surface area contributed by atoms with Gasteiger partial charge in [-0.15, -0.1) is 6.58 Å². The SMILES string of the molecule is C=CCOc1ccc(CNc2nc(Cc3ccc(C(=O)CCC(=O)CS(=O)(=O)CC=C)cc3)nc(OCC(F)(F)F)n2)cc1.O=C1CNC(=O)c2ccc(cc2)Cc2nc(nc(OCC(F)(F)F)n2)NCc2ccc(cc2)OCC=CCS(=O)(=O)N1. The van der Waals surface area contributed by atoms with E-state index in [-0.39, 0.29) is 86.0 Å². The fourth-order valence-corrected chi connectivity index (χ4v) is 9.28. The number of sulfonamides is 1. The predicted octanol–water partition coefficient (Wildman–Crippen LogP) is 6.85. The minimum absolute atomic E-state index is 0.00242. The Hall–Kier alpha value is -9.32. The summed E-state index contributed by atoms with van der Waals surface area (Å²) >= 11 is 0. The largest absolute Gasteiger partial charge is 0.490 e. The van der Waals surface area contributed by atoms with Gasteiger partial charge < -0.3 is 34.9 Å². The quantitative estimate of drug-likeness (QED) is 0.0345. The van der Waals surface area contributed by atoms with Gasteiger partial charge in [-0.1, -0.05) is 91.5 Å². The number of hydrogen-bond acceptors (Lipinski definition) is 20. The molecule has 3 aliphatic rings. The fraction of sp³-hybridized carbons (Fsp3) is 0.286. The maximum absolute atomic E-state index is 12.8. The Labute approximate surface area is 489 Å². The lowest BCUT2D eigenvalue weighted by Crippen LogP contribution is -2.40. The first kappa shape index (κ1) is 65.8. The number of nitrogens with zero attached hydrogens (tertiary/aromatic N) is 6. The molecule has 6 bridgehead atoms. The second kappa shape index (κ2) is 31.0. The minimum Gasteiger partial charge on any atom is -0.490 e. The molecule has 0 aliphatic carbocycles. The van der Waals surface area contributed by atoms with Crippen LogP contribution in [0.1, 0.15) is 67.5 Å². The summed E-state index contributed by atoms with van der Waals surface area (Å²) < 4.78 is 147. The number of carbonyl (C=O) groups is 4. The number of hydrogen-bond donors (Lipinski definition) is 4. The maximum Gasteiger partial charge on any atom is 0.422 e. The lowest BCUT2D eigenvalue weighted by Gasteiger charge is -2.12. The number of carbonyl (C=O) groups excluding carboxylic acids is 4. The number of sulfone groups is 1. The molecular formula is C56H56F6N10O12S2. The van der Waals surface area contributed by atoms with Crippen LogP contribution in [0.25, 0.3) is 0 Å². The summed E-state index contributed by atoms with van der Waals surface area (Å²) in [6.45, 7) is 4.08. The summed E-state index contributed by atoms with van der Waals surface area (Å²) in [5, 5.41) is 8.24. The number of amides is 2. The second-order valence-electron chi connectivity index (χ2n) is 18.4. The number of aromatic nitrogens is 6. The molecule has 0 fully saturated rings. The summed E-state index contributed by atoms with van der Waals surface area (Å²) in [5.74, 6) is -2.51. The molecule has 9 rings (SSSR count). The van der Waals surface area contributed by atoms with Gasteiger partial charge in [0.05, 0.1) is 18.1 Å². The summed E-state index contributed by atoms with van der Waals surface area (Å²) in [6, 6.07) is 25.3. The molecule has 0 saturated carbocycles. The van der Waals surface area contributed by atoms with E-state index in [0.717, 1.165) is 11.1 Å². The van der Waals surface area contributed by atoms with E-state index in [0.29, 0.717) is 34.8 Å². The zero-order valence-electron chi connectivity index (χ0n) is 45.5. The van der Waals surface area contributed by atoms with Crippen molar-refractivity contribution in [1.82, 2.24) is 39.9 Å².